The molecule has 2 nitrogen and oxygen atoms in total. The zero-order chi connectivity index (χ0) is 8.48. The maximum absolute atomic E-state index is 5.71. The highest BCUT2D eigenvalue weighted by Gasteiger charge is 2.30. The topological polar surface area (TPSA) is 18.5 Å². The lowest BCUT2D eigenvalue weighted by atomic mass is 10.0. The van der Waals surface area contributed by atoms with Gasteiger partial charge >= 0.3 is 0 Å². The Morgan fingerprint density at radius 2 is 2.00 bits per heavy atom. The summed E-state index contributed by atoms with van der Waals surface area (Å²) in [6.45, 7) is 9.30. The minimum atomic E-state index is -0.00116. The van der Waals surface area contributed by atoms with E-state index in [4.69, 9.17) is 9.47 Å². The van der Waals surface area contributed by atoms with Crippen LogP contribution in [0.15, 0.2) is 0 Å². The van der Waals surface area contributed by atoms with Crippen LogP contribution in [0.2, 0.25) is 0 Å². The third kappa shape index (κ3) is 2.46. The molecule has 0 aromatic rings. The van der Waals surface area contributed by atoms with Gasteiger partial charge in [0.2, 0.25) is 0 Å². The largest absolute Gasteiger partial charge is 0.352 e. The fraction of sp³-hybridized carbons (Fsp3) is 1.00. The van der Waals surface area contributed by atoms with Gasteiger partial charge in [0.15, 0.2) is 6.29 Å². The van der Waals surface area contributed by atoms with E-state index in [1.54, 1.807) is 0 Å². The van der Waals surface area contributed by atoms with Crippen LogP contribution in [0.5, 0.6) is 0 Å². The SMILES string of the molecule is CC(C)[C@H]1OCCC(C)(C)O1. The average Bonchev–Trinajstić information content (AvgIpc) is 1.85. The molecule has 66 valence electrons. The molecule has 0 bridgehead atoms. The van der Waals surface area contributed by atoms with Crippen LogP contribution >= 0.6 is 0 Å². The Morgan fingerprint density at radius 1 is 1.36 bits per heavy atom. The lowest BCUT2D eigenvalue weighted by Crippen LogP contribution is -2.41. The molecule has 0 aliphatic carbocycles. The second-order valence-electron chi connectivity index (χ2n) is 4.11. The zero-order valence-electron chi connectivity index (χ0n) is 7.89. The van der Waals surface area contributed by atoms with Crippen molar-refractivity contribution in [3.8, 4) is 0 Å². The van der Waals surface area contributed by atoms with Crippen molar-refractivity contribution in [2.45, 2.75) is 46.0 Å². The van der Waals surface area contributed by atoms with Gasteiger partial charge in [0, 0.05) is 5.92 Å². The summed E-state index contributed by atoms with van der Waals surface area (Å²) in [5.41, 5.74) is 0.00713. The predicted molar refractivity (Wildman–Crippen MR) is 44.4 cm³/mol. The van der Waals surface area contributed by atoms with Crippen molar-refractivity contribution in [1.29, 1.82) is 0 Å². The third-order valence-electron chi connectivity index (χ3n) is 1.97. The molecule has 0 amide bonds. The summed E-state index contributed by atoms with van der Waals surface area (Å²) in [6.07, 6.45) is 0.995. The van der Waals surface area contributed by atoms with Gasteiger partial charge in [0.1, 0.15) is 0 Å². The van der Waals surface area contributed by atoms with Crippen LogP contribution in [0.25, 0.3) is 0 Å². The van der Waals surface area contributed by atoms with E-state index in [9.17, 15) is 0 Å². The molecular weight excluding hydrogens is 140 g/mol. The van der Waals surface area contributed by atoms with Crippen LogP contribution in [0.1, 0.15) is 34.1 Å². The Balaban J connectivity index is 2.46. The van der Waals surface area contributed by atoms with Gasteiger partial charge in [-0.15, -0.1) is 0 Å². The first-order valence-electron chi connectivity index (χ1n) is 4.31. The third-order valence-corrected chi connectivity index (χ3v) is 1.97. The molecule has 1 aliphatic heterocycles. The maximum Gasteiger partial charge on any atom is 0.160 e. The van der Waals surface area contributed by atoms with E-state index in [-0.39, 0.29) is 11.9 Å². The fourth-order valence-corrected chi connectivity index (χ4v) is 1.16. The Kier molecular flexibility index (Phi) is 2.55. The van der Waals surface area contributed by atoms with Crippen LogP contribution in [0, 0.1) is 5.92 Å². The van der Waals surface area contributed by atoms with E-state index in [1.807, 2.05) is 0 Å². The second-order valence-corrected chi connectivity index (χ2v) is 4.11. The number of rotatable bonds is 1. The Bertz CT molecular complexity index is 130. The highest BCUT2D eigenvalue weighted by molar-refractivity contribution is 4.73. The quantitative estimate of drug-likeness (QED) is 0.582. The molecule has 1 atom stereocenters. The summed E-state index contributed by atoms with van der Waals surface area (Å²) in [6, 6.07) is 0. The first-order chi connectivity index (χ1) is 5.01. The van der Waals surface area contributed by atoms with Gasteiger partial charge in [-0.3, -0.25) is 0 Å². The minimum Gasteiger partial charge on any atom is -0.352 e. The van der Waals surface area contributed by atoms with Crippen LogP contribution in [-0.4, -0.2) is 18.5 Å². The van der Waals surface area contributed by atoms with Crippen LogP contribution < -0.4 is 0 Å². The molecule has 11 heavy (non-hydrogen) atoms. The standard InChI is InChI=1S/C9H18O2/c1-7(2)8-10-6-5-9(3,4)11-8/h7-8H,5-6H2,1-4H3/t8-/m0/s1. The highest BCUT2D eigenvalue weighted by Crippen LogP contribution is 2.26. The molecule has 0 N–H and O–H groups in total. The van der Waals surface area contributed by atoms with Crippen LogP contribution in [-0.2, 0) is 9.47 Å². The molecule has 1 fully saturated rings. The normalized spacial score (nSPS) is 30.8. The zero-order valence-corrected chi connectivity index (χ0v) is 7.89. The molecule has 1 saturated heterocycles. The van der Waals surface area contributed by atoms with E-state index < -0.39 is 0 Å². The van der Waals surface area contributed by atoms with E-state index in [0.717, 1.165) is 13.0 Å². The molecule has 1 heterocycles. The van der Waals surface area contributed by atoms with E-state index in [1.165, 1.54) is 0 Å². The van der Waals surface area contributed by atoms with Gasteiger partial charge in [0.25, 0.3) is 0 Å². The van der Waals surface area contributed by atoms with Gasteiger partial charge < -0.3 is 9.47 Å². The lowest BCUT2D eigenvalue weighted by Gasteiger charge is -2.37. The van der Waals surface area contributed by atoms with Crippen molar-refractivity contribution in [1.82, 2.24) is 0 Å². The molecule has 0 unspecified atom stereocenters. The van der Waals surface area contributed by atoms with Crippen molar-refractivity contribution in [2.75, 3.05) is 6.61 Å². The molecule has 1 aliphatic rings. The Labute approximate surface area is 68.9 Å². The van der Waals surface area contributed by atoms with Gasteiger partial charge in [-0.1, -0.05) is 13.8 Å². The van der Waals surface area contributed by atoms with E-state index in [2.05, 4.69) is 27.7 Å². The summed E-state index contributed by atoms with van der Waals surface area (Å²) in [5, 5.41) is 0. The highest BCUT2D eigenvalue weighted by atomic mass is 16.7. The number of hydrogen-bond acceptors (Lipinski definition) is 2. The van der Waals surface area contributed by atoms with Crippen molar-refractivity contribution < 1.29 is 9.47 Å². The minimum absolute atomic E-state index is 0.00116. The van der Waals surface area contributed by atoms with Crippen LogP contribution in [0.4, 0.5) is 0 Å². The average molecular weight is 158 g/mol. The second kappa shape index (κ2) is 3.11. The van der Waals surface area contributed by atoms with E-state index >= 15 is 0 Å². The van der Waals surface area contributed by atoms with Gasteiger partial charge in [-0.05, 0) is 20.3 Å². The number of hydrogen-bond donors (Lipinski definition) is 0. The van der Waals surface area contributed by atoms with Gasteiger partial charge in [-0.25, -0.2) is 0 Å². The fourth-order valence-electron chi connectivity index (χ4n) is 1.16. The first kappa shape index (κ1) is 9.01. The predicted octanol–water partition coefficient (Wildman–Crippen LogP) is 2.18. The molecule has 0 aromatic carbocycles. The number of ether oxygens (including phenoxy) is 2. The van der Waals surface area contributed by atoms with Crippen molar-refractivity contribution >= 4 is 0 Å². The molecule has 1 rings (SSSR count). The van der Waals surface area contributed by atoms with Crippen LogP contribution in [0.3, 0.4) is 0 Å². The molecule has 2 heteroatoms. The Morgan fingerprint density at radius 3 is 2.36 bits per heavy atom. The lowest BCUT2D eigenvalue weighted by molar-refractivity contribution is -0.260. The summed E-state index contributed by atoms with van der Waals surface area (Å²) in [5.74, 6) is 0.453. The van der Waals surface area contributed by atoms with Crippen molar-refractivity contribution in [2.24, 2.45) is 5.92 Å². The molecular formula is C9H18O2. The smallest absolute Gasteiger partial charge is 0.160 e. The first-order valence-corrected chi connectivity index (χ1v) is 4.31. The molecule has 0 aromatic heterocycles. The Hall–Kier alpha value is -0.0800. The van der Waals surface area contributed by atoms with Gasteiger partial charge in [0.05, 0.1) is 12.2 Å². The molecule has 0 saturated carbocycles. The summed E-state index contributed by atoms with van der Waals surface area (Å²) in [4.78, 5) is 0. The molecule has 0 spiro atoms. The van der Waals surface area contributed by atoms with Crippen molar-refractivity contribution in [3.05, 3.63) is 0 Å². The van der Waals surface area contributed by atoms with Crippen molar-refractivity contribution in [3.63, 3.8) is 0 Å². The summed E-state index contributed by atoms with van der Waals surface area (Å²) in [7, 11) is 0. The summed E-state index contributed by atoms with van der Waals surface area (Å²) >= 11 is 0. The maximum atomic E-state index is 5.71. The van der Waals surface area contributed by atoms with E-state index in [0.29, 0.717) is 5.92 Å². The monoisotopic (exact) mass is 158 g/mol. The summed E-state index contributed by atoms with van der Waals surface area (Å²) < 4.78 is 11.2. The molecule has 0 radical (unpaired) electrons. The van der Waals surface area contributed by atoms with Gasteiger partial charge in [-0.2, -0.15) is 0 Å².